The van der Waals surface area contributed by atoms with Crippen LogP contribution < -0.4 is 0 Å². The summed E-state index contributed by atoms with van der Waals surface area (Å²) in [7, 11) is 0. The first-order valence-corrected chi connectivity index (χ1v) is 3.67. The largest absolute Gasteiger partial charge is 0.437 e. The van der Waals surface area contributed by atoms with Gasteiger partial charge in [-0.05, 0) is 0 Å². The minimum Gasteiger partial charge on any atom is -0.437 e. The van der Waals surface area contributed by atoms with Gasteiger partial charge in [-0.25, -0.2) is 0 Å². The summed E-state index contributed by atoms with van der Waals surface area (Å²) in [6.07, 6.45) is 2.04. The van der Waals surface area contributed by atoms with Gasteiger partial charge >= 0.3 is 5.97 Å². The van der Waals surface area contributed by atoms with Crippen LogP contribution in [0.15, 0.2) is 25.7 Å². The molecule has 0 rings (SSSR count). The lowest BCUT2D eigenvalue weighted by atomic mass is 10.6. The maximum atomic E-state index is 9.44. The fraction of sp³-hybridized carbons (Fsp3) is 0.500. The second-order valence-electron chi connectivity index (χ2n) is 2.06. The van der Waals surface area contributed by atoms with Gasteiger partial charge in [-0.2, -0.15) is 0 Å². The Balaban J connectivity index is -0.0000000480. The van der Waals surface area contributed by atoms with E-state index in [9.17, 15) is 5.11 Å². The van der Waals surface area contributed by atoms with Crippen LogP contribution in [0.1, 0.15) is 0 Å². The molecule has 0 aromatic carbocycles. The monoisotopic (exact) mass is 298 g/mol. The van der Waals surface area contributed by atoms with Crippen molar-refractivity contribution in [1.82, 2.24) is 0 Å². The molecule has 124 valence electrons. The van der Waals surface area contributed by atoms with Crippen LogP contribution in [0, 0.1) is 0 Å². The van der Waals surface area contributed by atoms with Crippen molar-refractivity contribution < 1.29 is 57.3 Å². The molecule has 0 saturated carbocycles. The minimum absolute atomic E-state index is 0. The summed E-state index contributed by atoms with van der Waals surface area (Å²) in [4.78, 5) is 0. The van der Waals surface area contributed by atoms with Crippen molar-refractivity contribution in [2.24, 2.45) is 0 Å². The van der Waals surface area contributed by atoms with E-state index >= 15 is 0 Å². The number of rotatable bonds is 8. The molecule has 11 nitrogen and oxygen atoms in total. The molecule has 0 spiro atoms. The van der Waals surface area contributed by atoms with Crippen molar-refractivity contribution in [2.45, 2.75) is 5.97 Å². The molecule has 0 amide bonds. The van der Waals surface area contributed by atoms with Crippen molar-refractivity contribution in [2.75, 3.05) is 19.8 Å². The van der Waals surface area contributed by atoms with Crippen LogP contribution in [0.2, 0.25) is 0 Å². The summed E-state index contributed by atoms with van der Waals surface area (Å²) in [6, 6.07) is 0. The topological polar surface area (TPSA) is 257 Å². The molecule has 0 fully saturated rings. The highest BCUT2D eigenvalue weighted by atomic mass is 16.8. The van der Waals surface area contributed by atoms with E-state index in [-0.39, 0.29) is 52.7 Å². The maximum absolute atomic E-state index is 9.44. The quantitative estimate of drug-likeness (QED) is 0.252. The molecule has 0 aromatic heterocycles. The zero-order valence-electron chi connectivity index (χ0n) is 10.3. The van der Waals surface area contributed by atoms with Crippen molar-refractivity contribution in [3.05, 3.63) is 25.7 Å². The Morgan fingerprint density at radius 3 is 1.53 bits per heavy atom. The van der Waals surface area contributed by atoms with E-state index in [4.69, 9.17) is 9.84 Å². The van der Waals surface area contributed by atoms with Gasteiger partial charge in [0.15, 0.2) is 6.61 Å². The van der Waals surface area contributed by atoms with Crippen LogP contribution in [-0.2, 0) is 14.2 Å². The molecular weight excluding hydrogens is 272 g/mol. The van der Waals surface area contributed by atoms with Gasteiger partial charge in [0, 0.05) is 0 Å². The second-order valence-corrected chi connectivity index (χ2v) is 2.06. The molecule has 0 heterocycles. The lowest BCUT2D eigenvalue weighted by Gasteiger charge is -2.24. The van der Waals surface area contributed by atoms with Gasteiger partial charge in [0.25, 0.3) is 0 Å². The Hall–Kier alpha value is -1.28. The zero-order valence-corrected chi connectivity index (χ0v) is 10.3. The van der Waals surface area contributed by atoms with Crippen molar-refractivity contribution in [3.8, 4) is 0 Å². The summed E-state index contributed by atoms with van der Waals surface area (Å²) in [5.74, 6) is -1.92. The van der Waals surface area contributed by atoms with Crippen LogP contribution in [0.4, 0.5) is 0 Å². The molecule has 0 unspecified atom stereocenters. The summed E-state index contributed by atoms with van der Waals surface area (Å²) in [5.41, 5.74) is 0. The Kier molecular flexibility index (Phi) is 57.9. The van der Waals surface area contributed by atoms with Gasteiger partial charge in [0.2, 0.25) is 0 Å². The van der Waals surface area contributed by atoms with E-state index in [1.807, 2.05) is 0 Å². The van der Waals surface area contributed by atoms with Crippen LogP contribution in [0.25, 0.3) is 0 Å². The summed E-state index contributed by atoms with van der Waals surface area (Å²) in [5, 5.41) is 17.8. The normalized spacial score (nSPS) is 7.26. The van der Waals surface area contributed by atoms with Crippen LogP contribution in [-0.4, -0.2) is 68.9 Å². The van der Waals surface area contributed by atoms with Crippen molar-refractivity contribution in [3.63, 3.8) is 0 Å². The molecule has 0 aliphatic carbocycles. The van der Waals surface area contributed by atoms with Gasteiger partial charge in [-0.15, -0.1) is 0 Å². The summed E-state index contributed by atoms with van der Waals surface area (Å²) >= 11 is 0. The second kappa shape index (κ2) is 25.5. The number of hydrogen-bond acceptors (Lipinski definition) is 5. The molecule has 0 radical (unpaired) electrons. The molecule has 0 aliphatic rings. The lowest BCUT2D eigenvalue weighted by Crippen LogP contribution is -2.38. The maximum Gasteiger partial charge on any atom is 0.393 e. The average molecular weight is 298 g/mol. The third kappa shape index (κ3) is 22.4. The number of hydrogen-bond donors (Lipinski definition) is 2. The van der Waals surface area contributed by atoms with Gasteiger partial charge in [-0.3, -0.25) is 0 Å². The molecule has 0 aromatic rings. The SMILES string of the molecule is C=COC(O)(COCCO)OC=C.O.O.O.O.O.O. The lowest BCUT2D eigenvalue weighted by molar-refractivity contribution is -0.335. The fourth-order valence-electron chi connectivity index (χ4n) is 0.622. The smallest absolute Gasteiger partial charge is 0.393 e. The highest BCUT2D eigenvalue weighted by Gasteiger charge is 2.29. The Morgan fingerprint density at radius 1 is 0.895 bits per heavy atom. The first kappa shape index (κ1) is 43.1. The summed E-state index contributed by atoms with van der Waals surface area (Å²) in [6.45, 7) is 6.21. The van der Waals surface area contributed by atoms with Gasteiger partial charge in [0.05, 0.1) is 25.7 Å². The van der Waals surface area contributed by atoms with E-state index in [1.165, 1.54) is 0 Å². The third-order valence-corrected chi connectivity index (χ3v) is 1.06. The predicted molar refractivity (Wildman–Crippen MR) is 67.1 cm³/mol. The summed E-state index contributed by atoms with van der Waals surface area (Å²) < 4.78 is 14.1. The van der Waals surface area contributed by atoms with Crippen molar-refractivity contribution in [1.29, 1.82) is 0 Å². The molecule has 11 heteroatoms. The zero-order chi connectivity index (χ0) is 10.2. The Labute approximate surface area is 110 Å². The minimum atomic E-state index is -1.92. The molecule has 0 aliphatic heterocycles. The highest BCUT2D eigenvalue weighted by molar-refractivity contribution is 4.64. The molecule has 19 heavy (non-hydrogen) atoms. The van der Waals surface area contributed by atoms with E-state index in [0.29, 0.717) is 0 Å². The Morgan fingerprint density at radius 2 is 1.26 bits per heavy atom. The fourth-order valence-corrected chi connectivity index (χ4v) is 0.622. The molecule has 0 saturated heterocycles. The van der Waals surface area contributed by atoms with E-state index in [1.54, 1.807) is 0 Å². The Bertz CT molecular complexity index is 153. The van der Waals surface area contributed by atoms with Gasteiger partial charge in [0.1, 0.15) is 0 Å². The predicted octanol–water partition coefficient (Wildman–Crippen LogP) is -4.99. The van der Waals surface area contributed by atoms with Crippen molar-refractivity contribution >= 4 is 0 Å². The van der Waals surface area contributed by atoms with Crippen LogP contribution >= 0.6 is 0 Å². The number of aliphatic hydroxyl groups excluding tert-OH is 1. The first-order chi connectivity index (χ1) is 6.18. The molecule has 0 atom stereocenters. The highest BCUT2D eigenvalue weighted by Crippen LogP contribution is 2.10. The number of ether oxygens (including phenoxy) is 3. The molecule has 0 bridgehead atoms. The number of aliphatic hydroxyl groups is 2. The standard InChI is InChI=1S/C8H14O5.6H2O/c1-3-12-8(10,13-4-2)7-11-6-5-9;;;;;;/h3-4,9-10H,1-2,5-7H2;6*1H2. The van der Waals surface area contributed by atoms with Crippen LogP contribution in [0.5, 0.6) is 0 Å². The van der Waals surface area contributed by atoms with Gasteiger partial charge < -0.3 is 57.3 Å². The third-order valence-electron chi connectivity index (χ3n) is 1.06. The van der Waals surface area contributed by atoms with Gasteiger partial charge in [-0.1, -0.05) is 13.2 Å². The van der Waals surface area contributed by atoms with E-state index in [2.05, 4.69) is 22.6 Å². The first-order valence-electron chi connectivity index (χ1n) is 3.67. The van der Waals surface area contributed by atoms with E-state index < -0.39 is 5.97 Å². The molecular formula is C8H26O11. The average Bonchev–Trinajstić information content (AvgIpc) is 2.05. The molecule has 14 N–H and O–H groups in total. The van der Waals surface area contributed by atoms with Crippen LogP contribution in [0.3, 0.4) is 0 Å². The van der Waals surface area contributed by atoms with E-state index in [0.717, 1.165) is 12.5 Å².